The summed E-state index contributed by atoms with van der Waals surface area (Å²) >= 11 is 0. The van der Waals surface area contributed by atoms with Crippen molar-refractivity contribution in [3.8, 4) is 17.7 Å². The Bertz CT molecular complexity index is 1120. The van der Waals surface area contributed by atoms with Crippen LogP contribution in [0.3, 0.4) is 0 Å². The number of ether oxygens (including phenoxy) is 2. The van der Waals surface area contributed by atoms with Crippen LogP contribution in [0.15, 0.2) is 47.9 Å². The number of nitrogens with zero attached hydrogens (tertiary/aromatic N) is 2. The summed E-state index contributed by atoms with van der Waals surface area (Å²) in [5.41, 5.74) is 9.10. The van der Waals surface area contributed by atoms with Gasteiger partial charge in [0.2, 0.25) is 11.8 Å². The van der Waals surface area contributed by atoms with Crippen LogP contribution in [0, 0.1) is 24.2 Å². The molecule has 1 unspecified atom stereocenters. The van der Waals surface area contributed by atoms with E-state index < -0.39 is 0 Å². The van der Waals surface area contributed by atoms with Crippen LogP contribution in [0.1, 0.15) is 36.6 Å². The lowest BCUT2D eigenvalue weighted by atomic mass is 9.82. The van der Waals surface area contributed by atoms with E-state index in [1.54, 1.807) is 0 Å². The number of nitrogens with one attached hydrogen (secondary N) is 1. The summed E-state index contributed by atoms with van der Waals surface area (Å²) in [6.07, 6.45) is 0. The van der Waals surface area contributed by atoms with Gasteiger partial charge in [0.1, 0.15) is 17.4 Å². The zero-order chi connectivity index (χ0) is 19.8. The second-order valence-electron chi connectivity index (χ2n) is 7.40. The Hall–Kier alpha value is -3.46. The average molecular weight is 374 g/mol. The smallest absolute Gasteiger partial charge is 0.244 e. The number of aryl methyl sites for hydroxylation is 1. The number of aromatic amines is 1. The molecule has 0 amide bonds. The molecule has 1 aliphatic heterocycles. The standard InChI is InChI=1S/C22H22N4O2/c1-12(2)11-27-18-9-8-16(14-6-4-5-7-15(14)18)20-17(10-23)21(24)28-22-19(20)13(3)25-26-22/h4-9,12,20H,11,24H2,1-3H3,(H,25,26). The summed E-state index contributed by atoms with van der Waals surface area (Å²) in [6.45, 7) is 6.80. The quantitative estimate of drug-likeness (QED) is 0.716. The highest BCUT2D eigenvalue weighted by Gasteiger charge is 2.35. The van der Waals surface area contributed by atoms with Crippen molar-refractivity contribution in [2.75, 3.05) is 6.61 Å². The molecule has 6 heteroatoms. The van der Waals surface area contributed by atoms with Crippen molar-refractivity contribution in [1.82, 2.24) is 10.2 Å². The van der Waals surface area contributed by atoms with Gasteiger partial charge in [-0.1, -0.05) is 44.2 Å². The summed E-state index contributed by atoms with van der Waals surface area (Å²) in [6, 6.07) is 14.3. The molecule has 3 aromatic rings. The lowest BCUT2D eigenvalue weighted by molar-refractivity contribution is 0.274. The zero-order valence-corrected chi connectivity index (χ0v) is 16.1. The molecule has 28 heavy (non-hydrogen) atoms. The zero-order valence-electron chi connectivity index (χ0n) is 16.1. The minimum Gasteiger partial charge on any atom is -0.493 e. The topological polar surface area (TPSA) is 97.0 Å². The van der Waals surface area contributed by atoms with E-state index in [0.29, 0.717) is 24.0 Å². The fourth-order valence-corrected chi connectivity index (χ4v) is 3.64. The number of H-pyrrole nitrogens is 1. The molecule has 2 aromatic carbocycles. The Morgan fingerprint density at radius 3 is 2.71 bits per heavy atom. The lowest BCUT2D eigenvalue weighted by Crippen LogP contribution is -2.21. The first-order chi connectivity index (χ1) is 13.5. The highest BCUT2D eigenvalue weighted by molar-refractivity contribution is 5.92. The monoisotopic (exact) mass is 374 g/mol. The number of hydrogen-bond donors (Lipinski definition) is 2. The second kappa shape index (κ2) is 6.93. The van der Waals surface area contributed by atoms with E-state index in [1.165, 1.54) is 0 Å². The van der Waals surface area contributed by atoms with Crippen LogP contribution in [0.25, 0.3) is 10.8 Å². The highest BCUT2D eigenvalue weighted by atomic mass is 16.5. The number of nitrogens with two attached hydrogens (primary N) is 1. The van der Waals surface area contributed by atoms with Gasteiger partial charge in [-0.05, 0) is 29.9 Å². The lowest BCUT2D eigenvalue weighted by Gasteiger charge is -2.25. The Morgan fingerprint density at radius 1 is 1.25 bits per heavy atom. The first kappa shape index (κ1) is 17.9. The van der Waals surface area contributed by atoms with Crippen LogP contribution in [0.4, 0.5) is 0 Å². The number of rotatable bonds is 4. The van der Waals surface area contributed by atoms with Gasteiger partial charge < -0.3 is 15.2 Å². The Labute approximate surface area is 163 Å². The van der Waals surface area contributed by atoms with Crippen molar-refractivity contribution < 1.29 is 9.47 Å². The Kier molecular flexibility index (Phi) is 4.44. The number of allylic oxidation sites excluding steroid dienone is 1. The van der Waals surface area contributed by atoms with E-state index in [9.17, 15) is 5.26 Å². The summed E-state index contributed by atoms with van der Waals surface area (Å²) in [5, 5.41) is 19.0. The minimum atomic E-state index is -0.350. The molecule has 0 spiro atoms. The largest absolute Gasteiger partial charge is 0.493 e. The van der Waals surface area contributed by atoms with Gasteiger partial charge in [0.05, 0.1) is 12.5 Å². The van der Waals surface area contributed by atoms with Gasteiger partial charge in [-0.15, -0.1) is 5.10 Å². The predicted molar refractivity (Wildman–Crippen MR) is 107 cm³/mol. The predicted octanol–water partition coefficient (Wildman–Crippen LogP) is 4.12. The highest BCUT2D eigenvalue weighted by Crippen LogP contribution is 2.45. The molecule has 142 valence electrons. The maximum absolute atomic E-state index is 9.80. The van der Waals surface area contributed by atoms with Gasteiger partial charge in [-0.2, -0.15) is 5.26 Å². The molecular formula is C22H22N4O2. The number of benzene rings is 2. The molecule has 1 aromatic heterocycles. The van der Waals surface area contributed by atoms with Gasteiger partial charge in [-0.3, -0.25) is 5.10 Å². The van der Waals surface area contributed by atoms with Gasteiger partial charge >= 0.3 is 0 Å². The maximum Gasteiger partial charge on any atom is 0.244 e. The number of hydrogen-bond acceptors (Lipinski definition) is 5. The van der Waals surface area contributed by atoms with E-state index in [4.69, 9.17) is 15.2 Å². The summed E-state index contributed by atoms with van der Waals surface area (Å²) in [5.74, 6) is 1.42. The summed E-state index contributed by atoms with van der Waals surface area (Å²) < 4.78 is 11.6. The normalized spacial score (nSPS) is 16.0. The summed E-state index contributed by atoms with van der Waals surface area (Å²) in [4.78, 5) is 0. The summed E-state index contributed by atoms with van der Waals surface area (Å²) in [7, 11) is 0. The molecule has 0 saturated heterocycles. The van der Waals surface area contributed by atoms with E-state index >= 15 is 0 Å². The van der Waals surface area contributed by atoms with E-state index in [0.717, 1.165) is 33.3 Å². The Balaban J connectivity index is 1.93. The molecule has 0 aliphatic carbocycles. The van der Waals surface area contributed by atoms with Crippen LogP contribution in [0.2, 0.25) is 0 Å². The minimum absolute atomic E-state index is 0.0933. The number of fused-ring (bicyclic) bond motifs is 2. The molecule has 0 bridgehead atoms. The molecule has 0 fully saturated rings. The molecular weight excluding hydrogens is 352 g/mol. The molecule has 1 aliphatic rings. The Morgan fingerprint density at radius 2 is 2.00 bits per heavy atom. The van der Waals surface area contributed by atoms with Crippen molar-refractivity contribution in [1.29, 1.82) is 5.26 Å². The van der Waals surface area contributed by atoms with E-state index in [2.05, 4.69) is 30.1 Å². The van der Waals surface area contributed by atoms with Crippen LogP contribution in [-0.4, -0.2) is 16.8 Å². The van der Waals surface area contributed by atoms with E-state index in [-0.39, 0.29) is 11.8 Å². The SMILES string of the molecule is Cc1[nH]nc2c1C(c1ccc(OCC(C)C)c3ccccc13)C(C#N)=C(N)O2. The van der Waals surface area contributed by atoms with Gasteiger partial charge in [0.15, 0.2) is 0 Å². The van der Waals surface area contributed by atoms with E-state index in [1.807, 2.05) is 43.3 Å². The van der Waals surface area contributed by atoms with Gasteiger partial charge in [-0.25, -0.2) is 0 Å². The molecule has 1 atom stereocenters. The molecule has 3 N–H and O–H groups in total. The molecule has 4 rings (SSSR count). The fourth-order valence-electron chi connectivity index (χ4n) is 3.64. The third-order valence-corrected chi connectivity index (χ3v) is 4.93. The fraction of sp³-hybridized carbons (Fsp3) is 0.273. The molecule has 0 radical (unpaired) electrons. The van der Waals surface area contributed by atoms with Crippen molar-refractivity contribution in [2.45, 2.75) is 26.7 Å². The third-order valence-electron chi connectivity index (χ3n) is 4.93. The third kappa shape index (κ3) is 2.85. The van der Waals surface area contributed by atoms with Crippen molar-refractivity contribution >= 4 is 10.8 Å². The van der Waals surface area contributed by atoms with Crippen LogP contribution in [0.5, 0.6) is 11.6 Å². The first-order valence-corrected chi connectivity index (χ1v) is 9.28. The molecule has 2 heterocycles. The average Bonchev–Trinajstić information content (AvgIpc) is 3.05. The van der Waals surface area contributed by atoms with Crippen molar-refractivity contribution in [3.05, 3.63) is 64.7 Å². The maximum atomic E-state index is 9.80. The number of aromatic nitrogens is 2. The van der Waals surface area contributed by atoms with Gasteiger partial charge in [0, 0.05) is 16.6 Å². The van der Waals surface area contributed by atoms with Crippen LogP contribution in [-0.2, 0) is 0 Å². The molecule has 0 saturated carbocycles. The van der Waals surface area contributed by atoms with Crippen molar-refractivity contribution in [2.24, 2.45) is 11.7 Å². The van der Waals surface area contributed by atoms with Crippen LogP contribution >= 0.6 is 0 Å². The molecule has 6 nitrogen and oxygen atoms in total. The van der Waals surface area contributed by atoms with Gasteiger partial charge in [0.25, 0.3) is 0 Å². The van der Waals surface area contributed by atoms with Crippen molar-refractivity contribution in [3.63, 3.8) is 0 Å². The van der Waals surface area contributed by atoms with Crippen LogP contribution < -0.4 is 15.2 Å². The first-order valence-electron chi connectivity index (χ1n) is 9.28. The second-order valence-corrected chi connectivity index (χ2v) is 7.40. The number of nitriles is 1.